The zero-order valence-electron chi connectivity index (χ0n) is 19.5. The molecule has 0 radical (unpaired) electrons. The molecule has 0 atom stereocenters. The van der Waals surface area contributed by atoms with Crippen molar-refractivity contribution in [2.75, 3.05) is 22.0 Å². The van der Waals surface area contributed by atoms with Crippen molar-refractivity contribution in [1.29, 1.82) is 0 Å². The van der Waals surface area contributed by atoms with Crippen LogP contribution in [0.5, 0.6) is 5.75 Å². The molecule has 0 saturated carbocycles. The summed E-state index contributed by atoms with van der Waals surface area (Å²) in [5.41, 5.74) is 0.358. The molecule has 3 heterocycles. The first-order valence-corrected chi connectivity index (χ1v) is 11.9. The van der Waals surface area contributed by atoms with Gasteiger partial charge < -0.3 is 24.7 Å². The van der Waals surface area contributed by atoms with E-state index in [1.807, 2.05) is 26.8 Å². The zero-order valence-corrected chi connectivity index (χ0v) is 21.1. The number of nitrogens with zero attached hydrogens (tertiary/aromatic N) is 2. The Balaban J connectivity index is 0.000000970. The molecule has 3 N–H and O–H groups in total. The second-order valence-electron chi connectivity index (χ2n) is 6.65. The summed E-state index contributed by atoms with van der Waals surface area (Å²) in [6, 6.07) is 3.62. The predicted octanol–water partition coefficient (Wildman–Crippen LogP) is 5.02. The smallest absolute Gasteiger partial charge is 0.253 e. The van der Waals surface area contributed by atoms with Gasteiger partial charge in [-0.05, 0) is 25.5 Å². The van der Waals surface area contributed by atoms with Crippen molar-refractivity contribution < 1.29 is 14.0 Å². The number of aromatic hydroxyl groups is 1. The third-order valence-electron chi connectivity index (χ3n) is 4.28. The Morgan fingerprint density at radius 2 is 1.85 bits per heavy atom. The molecule has 3 aromatic heterocycles. The Bertz CT molecular complexity index is 1310. The van der Waals surface area contributed by atoms with Gasteiger partial charge in [-0.15, -0.1) is 24.2 Å². The summed E-state index contributed by atoms with van der Waals surface area (Å²) < 4.78 is 12.7. The largest absolute Gasteiger partial charge is 0.504 e. The maximum Gasteiger partial charge on any atom is 0.253 e. The lowest BCUT2D eigenvalue weighted by atomic mass is 10.2. The average molecular weight is 503 g/mol. The molecular weight excluding hydrogens is 476 g/mol. The Morgan fingerprint density at radius 3 is 2.44 bits per heavy atom. The molecule has 180 valence electrons. The molecule has 0 saturated heterocycles. The monoisotopic (exact) mass is 502 g/mol. The standard InChI is InChI=1S/C19H18N4O5S2.C2H6.C2H2/c1-9-4-11(27-7-9)6-20-14-15(18(26)17(14)25)21-12-8-29-19(16(12)24)30-23(3)13-5-10(2)28-22-13;2*1-2/h4-5,7-8,20-21,24H,6H2,1-3H3;1-2H3;1-2H. The molecule has 0 aliphatic carbocycles. The lowest BCUT2D eigenvalue weighted by molar-refractivity contribution is 0.399. The highest BCUT2D eigenvalue weighted by molar-refractivity contribution is 8.02. The number of furan rings is 1. The summed E-state index contributed by atoms with van der Waals surface area (Å²) in [7, 11) is 1.79. The number of hydrogen-bond acceptors (Lipinski definition) is 11. The van der Waals surface area contributed by atoms with Crippen LogP contribution in [0.25, 0.3) is 0 Å². The minimum absolute atomic E-state index is 0.0160. The van der Waals surface area contributed by atoms with E-state index in [0.717, 1.165) is 5.56 Å². The molecule has 0 aliphatic rings. The summed E-state index contributed by atoms with van der Waals surface area (Å²) >= 11 is 2.56. The Morgan fingerprint density at radius 1 is 1.18 bits per heavy atom. The Kier molecular flexibility index (Phi) is 9.41. The van der Waals surface area contributed by atoms with Crippen LogP contribution in [0.2, 0.25) is 0 Å². The Labute approximate surface area is 205 Å². The van der Waals surface area contributed by atoms with Crippen molar-refractivity contribution in [3.63, 3.8) is 0 Å². The van der Waals surface area contributed by atoms with E-state index in [1.54, 1.807) is 36.0 Å². The fourth-order valence-electron chi connectivity index (χ4n) is 2.73. The average Bonchev–Trinajstić information content (AvgIpc) is 3.57. The van der Waals surface area contributed by atoms with Crippen LogP contribution < -0.4 is 25.8 Å². The van der Waals surface area contributed by atoms with E-state index in [9.17, 15) is 14.7 Å². The predicted molar refractivity (Wildman–Crippen MR) is 138 cm³/mol. The first kappa shape index (κ1) is 26.6. The van der Waals surface area contributed by atoms with Crippen molar-refractivity contribution in [2.24, 2.45) is 0 Å². The van der Waals surface area contributed by atoms with E-state index in [0.29, 0.717) is 27.2 Å². The van der Waals surface area contributed by atoms with Gasteiger partial charge in [0.1, 0.15) is 27.1 Å². The zero-order chi connectivity index (χ0) is 25.4. The quantitative estimate of drug-likeness (QED) is 0.172. The van der Waals surface area contributed by atoms with Crippen molar-refractivity contribution in [3.05, 3.63) is 61.3 Å². The van der Waals surface area contributed by atoms with Gasteiger partial charge in [0, 0.05) is 30.4 Å². The number of hydrogen-bond donors (Lipinski definition) is 3. The number of thiophene rings is 1. The van der Waals surface area contributed by atoms with Crippen LogP contribution in [-0.2, 0) is 6.54 Å². The van der Waals surface area contributed by atoms with Crippen LogP contribution in [0, 0.1) is 26.7 Å². The number of anilines is 4. The van der Waals surface area contributed by atoms with Crippen molar-refractivity contribution in [3.8, 4) is 18.6 Å². The van der Waals surface area contributed by atoms with Gasteiger partial charge in [-0.2, -0.15) is 0 Å². The Hall–Kier alpha value is -3.62. The molecule has 9 nitrogen and oxygen atoms in total. The SMILES string of the molecule is C#C.CC.Cc1coc(CNc2c(Nc3csc(SN(C)c4cc(C)on4)c3O)c(=O)c2=O)c1. The van der Waals surface area contributed by atoms with E-state index in [1.165, 1.54) is 23.3 Å². The molecule has 1 aromatic carbocycles. The lowest BCUT2D eigenvalue weighted by Crippen LogP contribution is -2.36. The van der Waals surface area contributed by atoms with Crippen molar-refractivity contribution in [1.82, 2.24) is 5.16 Å². The van der Waals surface area contributed by atoms with Gasteiger partial charge >= 0.3 is 0 Å². The minimum Gasteiger partial charge on any atom is -0.504 e. The first-order chi connectivity index (χ1) is 16.3. The second kappa shape index (κ2) is 12.0. The van der Waals surface area contributed by atoms with Crippen LogP contribution in [-0.4, -0.2) is 17.3 Å². The summed E-state index contributed by atoms with van der Waals surface area (Å²) in [5, 5.41) is 21.9. The first-order valence-electron chi connectivity index (χ1n) is 10.2. The lowest BCUT2D eigenvalue weighted by Gasteiger charge is -2.14. The molecule has 34 heavy (non-hydrogen) atoms. The fourth-order valence-corrected chi connectivity index (χ4v) is 4.63. The third kappa shape index (κ3) is 5.84. The summed E-state index contributed by atoms with van der Waals surface area (Å²) in [5.74, 6) is 1.93. The van der Waals surface area contributed by atoms with Gasteiger partial charge in [0.2, 0.25) is 0 Å². The second-order valence-corrected chi connectivity index (χ2v) is 8.92. The molecule has 0 unspecified atom stereocenters. The number of rotatable bonds is 8. The van der Waals surface area contributed by atoms with E-state index < -0.39 is 10.9 Å². The molecule has 4 aromatic rings. The number of aromatic nitrogens is 1. The maximum absolute atomic E-state index is 12.0. The highest BCUT2D eigenvalue weighted by atomic mass is 32.2. The molecule has 11 heteroatoms. The van der Waals surface area contributed by atoms with Crippen LogP contribution in [0.15, 0.2) is 46.5 Å². The van der Waals surface area contributed by atoms with E-state index in [2.05, 4.69) is 28.6 Å². The van der Waals surface area contributed by atoms with E-state index >= 15 is 0 Å². The molecule has 4 rings (SSSR count). The van der Waals surface area contributed by atoms with E-state index in [4.69, 9.17) is 8.94 Å². The fraction of sp³-hybridized carbons (Fsp3) is 0.261. The topological polar surface area (TPSA) is 121 Å². The van der Waals surface area contributed by atoms with Gasteiger partial charge in [0.25, 0.3) is 10.9 Å². The van der Waals surface area contributed by atoms with Crippen molar-refractivity contribution in [2.45, 2.75) is 38.4 Å². The summed E-state index contributed by atoms with van der Waals surface area (Å²) in [6.07, 6.45) is 9.61. The van der Waals surface area contributed by atoms with Crippen LogP contribution in [0.4, 0.5) is 22.9 Å². The van der Waals surface area contributed by atoms with Gasteiger partial charge in [0.15, 0.2) is 11.6 Å². The minimum atomic E-state index is -0.636. The number of terminal acetylenes is 1. The normalized spacial score (nSPS) is 10.1. The van der Waals surface area contributed by atoms with Crippen LogP contribution >= 0.6 is 23.3 Å². The summed E-state index contributed by atoms with van der Waals surface area (Å²) in [6.45, 7) is 7.96. The molecule has 0 fully saturated rings. The highest BCUT2D eigenvalue weighted by Gasteiger charge is 2.24. The third-order valence-corrected chi connectivity index (χ3v) is 6.38. The van der Waals surface area contributed by atoms with Crippen LogP contribution in [0.3, 0.4) is 0 Å². The van der Waals surface area contributed by atoms with Crippen LogP contribution in [0.1, 0.15) is 30.9 Å². The maximum atomic E-state index is 12.0. The highest BCUT2D eigenvalue weighted by Crippen LogP contribution is 2.44. The molecule has 0 spiro atoms. The summed E-state index contributed by atoms with van der Waals surface area (Å²) in [4.78, 5) is 24.0. The number of aryl methyl sites for hydroxylation is 2. The van der Waals surface area contributed by atoms with Gasteiger partial charge in [-0.25, -0.2) is 0 Å². The number of nitrogens with one attached hydrogen (secondary N) is 2. The van der Waals surface area contributed by atoms with E-state index in [-0.39, 0.29) is 23.7 Å². The van der Waals surface area contributed by atoms with Crippen molar-refractivity contribution >= 4 is 46.2 Å². The molecule has 0 aliphatic heterocycles. The van der Waals surface area contributed by atoms with Gasteiger partial charge in [-0.1, -0.05) is 19.0 Å². The molecular formula is C23H26N4O5S2. The van der Waals surface area contributed by atoms with Gasteiger partial charge in [-0.3, -0.25) is 13.9 Å². The molecule has 0 amide bonds. The van der Waals surface area contributed by atoms with Gasteiger partial charge in [0.05, 0.1) is 18.5 Å². The molecule has 0 bridgehead atoms.